The second-order valence-corrected chi connectivity index (χ2v) is 9.89. The number of nitrogens with zero attached hydrogens (tertiary/aromatic N) is 2. The lowest BCUT2D eigenvalue weighted by Crippen LogP contribution is -2.38. The monoisotopic (exact) mass is 456 g/mol. The number of hydrogen-bond donors (Lipinski definition) is 0. The Kier molecular flexibility index (Phi) is 7.44. The number of benzene rings is 3. The van der Waals surface area contributed by atoms with Gasteiger partial charge in [-0.1, -0.05) is 50.2 Å². The molecular formula is C30H33FN2O. The Balaban J connectivity index is 1.36. The zero-order chi connectivity index (χ0) is 24.1. The first-order valence-corrected chi connectivity index (χ1v) is 12.4. The Morgan fingerprint density at radius 2 is 1.74 bits per heavy atom. The molecule has 1 atom stereocenters. The highest BCUT2D eigenvalue weighted by Gasteiger charge is 2.36. The molecule has 0 spiro atoms. The van der Waals surface area contributed by atoms with Crippen LogP contribution in [0.5, 0.6) is 0 Å². The van der Waals surface area contributed by atoms with E-state index < -0.39 is 5.41 Å². The summed E-state index contributed by atoms with van der Waals surface area (Å²) in [6, 6.07) is 23.3. The van der Waals surface area contributed by atoms with Crippen LogP contribution < -0.4 is 0 Å². The lowest BCUT2D eigenvalue weighted by Gasteiger charge is -2.34. The second-order valence-electron chi connectivity index (χ2n) is 9.89. The molecule has 0 saturated carbocycles. The first-order chi connectivity index (χ1) is 16.4. The predicted molar refractivity (Wildman–Crippen MR) is 135 cm³/mol. The number of piperidine rings is 1. The molecule has 0 radical (unpaired) electrons. The van der Waals surface area contributed by atoms with E-state index in [1.54, 1.807) is 12.1 Å². The number of fused-ring (bicyclic) bond motifs is 1. The summed E-state index contributed by atoms with van der Waals surface area (Å²) >= 11 is 0. The van der Waals surface area contributed by atoms with Gasteiger partial charge < -0.3 is 4.90 Å². The molecule has 0 aliphatic carbocycles. The molecule has 3 aromatic rings. The number of ketones is 1. The van der Waals surface area contributed by atoms with Crippen molar-refractivity contribution in [2.45, 2.75) is 44.9 Å². The average molecular weight is 457 g/mol. The molecule has 4 rings (SSSR count). The van der Waals surface area contributed by atoms with Crippen LogP contribution in [0.15, 0.2) is 66.7 Å². The molecule has 3 nitrogen and oxygen atoms in total. The van der Waals surface area contributed by atoms with E-state index in [0.29, 0.717) is 5.56 Å². The van der Waals surface area contributed by atoms with Crippen molar-refractivity contribution >= 4 is 16.6 Å². The molecule has 4 heteroatoms. The minimum Gasteiger partial charge on any atom is -0.303 e. The molecular weight excluding hydrogens is 423 g/mol. The number of Topliss-reactive ketones (excluding diaryl/α,β-unsaturated/α-hetero) is 1. The van der Waals surface area contributed by atoms with Gasteiger partial charge in [-0.05, 0) is 97.9 Å². The summed E-state index contributed by atoms with van der Waals surface area (Å²) in [6.07, 6.45) is 3.41. The van der Waals surface area contributed by atoms with Crippen LogP contribution in [0.4, 0.5) is 4.39 Å². The maximum Gasteiger partial charge on any atom is 0.166 e. The third-order valence-corrected chi connectivity index (χ3v) is 7.58. The molecule has 1 aliphatic heterocycles. The van der Waals surface area contributed by atoms with E-state index in [1.165, 1.54) is 22.9 Å². The Labute approximate surface area is 202 Å². The van der Waals surface area contributed by atoms with E-state index in [-0.39, 0.29) is 23.4 Å². The third kappa shape index (κ3) is 5.05. The van der Waals surface area contributed by atoms with Crippen LogP contribution in [0.3, 0.4) is 0 Å². The minimum atomic E-state index is -0.513. The molecule has 0 amide bonds. The Morgan fingerprint density at radius 1 is 1.06 bits per heavy atom. The van der Waals surface area contributed by atoms with Crippen molar-refractivity contribution in [1.29, 1.82) is 5.26 Å². The fraction of sp³-hybridized carbons (Fsp3) is 0.400. The number of rotatable bonds is 8. The van der Waals surface area contributed by atoms with Crippen molar-refractivity contribution in [2.24, 2.45) is 11.8 Å². The quantitative estimate of drug-likeness (QED) is 0.351. The van der Waals surface area contributed by atoms with Crippen molar-refractivity contribution in [3.63, 3.8) is 0 Å². The number of carbonyl (C=O) groups excluding carboxylic acids is 1. The van der Waals surface area contributed by atoms with Gasteiger partial charge in [0, 0.05) is 11.5 Å². The Morgan fingerprint density at radius 3 is 2.38 bits per heavy atom. The normalized spacial score (nSPS) is 16.9. The molecule has 0 bridgehead atoms. The van der Waals surface area contributed by atoms with E-state index >= 15 is 0 Å². The molecule has 1 aliphatic rings. The molecule has 0 aromatic heterocycles. The molecule has 176 valence electrons. The van der Waals surface area contributed by atoms with Crippen LogP contribution in [0.25, 0.3) is 10.8 Å². The number of hydrogen-bond acceptors (Lipinski definition) is 3. The van der Waals surface area contributed by atoms with Crippen LogP contribution in [0.2, 0.25) is 0 Å². The van der Waals surface area contributed by atoms with Gasteiger partial charge in [-0.3, -0.25) is 4.79 Å². The molecule has 3 aromatic carbocycles. The standard InChI is InChI=1S/C30H33FN2O/c1-22(2)30(21-32,27-11-8-23-6-3-4-7-26(23)20-27)16-5-17-33-18-14-25(15-19-33)29(34)24-9-12-28(31)13-10-24/h3-4,6-13,20,22,25H,5,14-19H2,1-2H3. The Hall–Kier alpha value is -3.03. The maximum absolute atomic E-state index is 13.2. The van der Waals surface area contributed by atoms with Gasteiger partial charge in [0.1, 0.15) is 5.82 Å². The highest BCUT2D eigenvalue weighted by molar-refractivity contribution is 5.97. The zero-order valence-corrected chi connectivity index (χ0v) is 20.1. The smallest absolute Gasteiger partial charge is 0.166 e. The molecule has 1 heterocycles. The topological polar surface area (TPSA) is 44.1 Å². The van der Waals surface area contributed by atoms with Crippen LogP contribution in [-0.4, -0.2) is 30.3 Å². The first kappa shape index (κ1) is 24.1. The number of nitriles is 1. The van der Waals surface area contributed by atoms with Gasteiger partial charge >= 0.3 is 0 Å². The van der Waals surface area contributed by atoms with Crippen LogP contribution >= 0.6 is 0 Å². The third-order valence-electron chi connectivity index (χ3n) is 7.58. The SMILES string of the molecule is CC(C)C(C#N)(CCCN1CCC(C(=O)c2ccc(F)cc2)CC1)c1ccc2ccccc2c1. The summed E-state index contributed by atoms with van der Waals surface area (Å²) in [5, 5.41) is 12.7. The highest BCUT2D eigenvalue weighted by atomic mass is 19.1. The van der Waals surface area contributed by atoms with Crippen LogP contribution in [0.1, 0.15) is 55.5 Å². The lowest BCUT2D eigenvalue weighted by atomic mass is 9.69. The van der Waals surface area contributed by atoms with Crippen molar-refractivity contribution < 1.29 is 9.18 Å². The van der Waals surface area contributed by atoms with E-state index in [1.807, 2.05) is 12.1 Å². The van der Waals surface area contributed by atoms with Crippen molar-refractivity contribution in [3.05, 3.63) is 83.7 Å². The van der Waals surface area contributed by atoms with Gasteiger partial charge in [-0.25, -0.2) is 4.39 Å². The van der Waals surface area contributed by atoms with Crippen molar-refractivity contribution in [1.82, 2.24) is 4.90 Å². The van der Waals surface area contributed by atoms with E-state index in [9.17, 15) is 14.4 Å². The maximum atomic E-state index is 13.2. The predicted octanol–water partition coefficient (Wildman–Crippen LogP) is 6.77. The van der Waals surface area contributed by atoms with E-state index in [0.717, 1.165) is 50.9 Å². The van der Waals surface area contributed by atoms with Crippen molar-refractivity contribution in [2.75, 3.05) is 19.6 Å². The summed E-state index contributed by atoms with van der Waals surface area (Å²) in [5.74, 6) is 0.0232. The van der Waals surface area contributed by atoms with Gasteiger partial charge in [0.05, 0.1) is 11.5 Å². The minimum absolute atomic E-state index is 0.00757. The van der Waals surface area contributed by atoms with Gasteiger partial charge in [-0.15, -0.1) is 0 Å². The molecule has 34 heavy (non-hydrogen) atoms. The van der Waals surface area contributed by atoms with Crippen LogP contribution in [-0.2, 0) is 5.41 Å². The van der Waals surface area contributed by atoms with Gasteiger partial charge in [0.15, 0.2) is 5.78 Å². The summed E-state index contributed by atoms with van der Waals surface area (Å²) in [7, 11) is 0. The summed E-state index contributed by atoms with van der Waals surface area (Å²) in [6.45, 7) is 6.99. The van der Waals surface area contributed by atoms with E-state index in [2.05, 4.69) is 55.1 Å². The van der Waals surface area contributed by atoms with E-state index in [4.69, 9.17) is 0 Å². The van der Waals surface area contributed by atoms with Gasteiger partial charge in [-0.2, -0.15) is 5.26 Å². The highest BCUT2D eigenvalue weighted by Crippen LogP contribution is 2.38. The molecule has 1 unspecified atom stereocenters. The lowest BCUT2D eigenvalue weighted by molar-refractivity contribution is 0.0837. The zero-order valence-electron chi connectivity index (χ0n) is 20.1. The van der Waals surface area contributed by atoms with Gasteiger partial charge in [0.25, 0.3) is 0 Å². The fourth-order valence-corrected chi connectivity index (χ4v) is 5.33. The summed E-state index contributed by atoms with van der Waals surface area (Å²) in [5.41, 5.74) is 1.19. The number of likely N-dealkylation sites (tertiary alicyclic amines) is 1. The first-order valence-electron chi connectivity index (χ1n) is 12.4. The number of carbonyl (C=O) groups is 1. The molecule has 1 fully saturated rings. The van der Waals surface area contributed by atoms with Crippen molar-refractivity contribution in [3.8, 4) is 6.07 Å². The molecule has 0 N–H and O–H groups in total. The molecule has 1 saturated heterocycles. The summed E-state index contributed by atoms with van der Waals surface area (Å²) < 4.78 is 13.2. The average Bonchev–Trinajstić information content (AvgIpc) is 2.87. The second kappa shape index (κ2) is 10.5. The van der Waals surface area contributed by atoms with Crippen LogP contribution in [0, 0.1) is 29.0 Å². The largest absolute Gasteiger partial charge is 0.303 e. The summed E-state index contributed by atoms with van der Waals surface area (Å²) in [4.78, 5) is 15.2. The fourth-order valence-electron chi connectivity index (χ4n) is 5.33. The van der Waals surface area contributed by atoms with Gasteiger partial charge in [0.2, 0.25) is 0 Å². The number of halogens is 1. The Bertz CT molecular complexity index is 1170.